The number of thiazole rings is 1. The number of hydrogen-bond acceptors (Lipinski definition) is 6. The summed E-state index contributed by atoms with van der Waals surface area (Å²) in [4.78, 5) is 28.2. The molecule has 1 amide bonds. The van der Waals surface area contributed by atoms with E-state index >= 15 is 0 Å². The van der Waals surface area contributed by atoms with Crippen LogP contribution in [0.1, 0.15) is 5.56 Å². The Hall–Kier alpha value is -3.37. The number of carboxylic acids is 1. The molecule has 3 heterocycles. The fraction of sp³-hybridized carbons (Fsp3) is 0.143. The lowest BCUT2D eigenvalue weighted by Gasteiger charge is -2.14. The van der Waals surface area contributed by atoms with E-state index in [0.29, 0.717) is 5.16 Å². The standard InChI is InChI=1S/C21H17N5O3S2/c27-18(11-30-20-24-25-21-26(20)16-7-3-4-8-17(16)31-21)23-15(19(28)29)9-12-10-22-14-6-2-1-5-13(12)14/h1-8,10,15,22H,9,11H2,(H,23,27)(H,28,29)/t15-/m1/s1. The van der Waals surface area contributed by atoms with Crippen LogP contribution in [0.15, 0.2) is 59.9 Å². The van der Waals surface area contributed by atoms with Crippen molar-refractivity contribution in [2.24, 2.45) is 0 Å². The fourth-order valence-electron chi connectivity index (χ4n) is 3.54. The molecule has 5 aromatic rings. The Morgan fingerprint density at radius 3 is 2.84 bits per heavy atom. The molecule has 10 heteroatoms. The molecule has 0 radical (unpaired) electrons. The quantitative estimate of drug-likeness (QED) is 0.327. The summed E-state index contributed by atoms with van der Waals surface area (Å²) in [6, 6.07) is 14.5. The van der Waals surface area contributed by atoms with E-state index in [1.807, 2.05) is 52.9 Å². The van der Waals surface area contributed by atoms with Gasteiger partial charge in [-0.05, 0) is 23.8 Å². The third-order valence-corrected chi connectivity index (χ3v) is 6.92. The summed E-state index contributed by atoms with van der Waals surface area (Å²) in [6.45, 7) is 0. The van der Waals surface area contributed by atoms with Crippen LogP contribution in [0.5, 0.6) is 0 Å². The lowest BCUT2D eigenvalue weighted by Crippen LogP contribution is -2.43. The molecule has 8 nitrogen and oxygen atoms in total. The zero-order chi connectivity index (χ0) is 21.4. The van der Waals surface area contributed by atoms with E-state index in [0.717, 1.165) is 31.6 Å². The molecule has 2 aromatic carbocycles. The zero-order valence-corrected chi connectivity index (χ0v) is 17.7. The number of carbonyl (C=O) groups excluding carboxylic acids is 1. The SMILES string of the molecule is O=C(CSc1nnc2sc3ccccc3n12)N[C@H](Cc1c[nH]c2ccccc12)C(=O)O. The zero-order valence-electron chi connectivity index (χ0n) is 16.1. The largest absolute Gasteiger partial charge is 0.480 e. The fourth-order valence-corrected chi connectivity index (χ4v) is 5.31. The first-order valence-electron chi connectivity index (χ1n) is 9.53. The third kappa shape index (κ3) is 3.75. The highest BCUT2D eigenvalue weighted by Crippen LogP contribution is 2.29. The van der Waals surface area contributed by atoms with E-state index in [-0.39, 0.29) is 18.1 Å². The highest BCUT2D eigenvalue weighted by Gasteiger charge is 2.22. The molecule has 0 unspecified atom stereocenters. The molecule has 0 aliphatic heterocycles. The first kappa shape index (κ1) is 19.6. The molecule has 0 spiro atoms. The molecule has 3 aromatic heterocycles. The van der Waals surface area contributed by atoms with E-state index in [1.54, 1.807) is 6.20 Å². The Morgan fingerprint density at radius 1 is 1.16 bits per heavy atom. The van der Waals surface area contributed by atoms with Crippen molar-refractivity contribution in [2.75, 3.05) is 5.75 Å². The number of hydrogen-bond donors (Lipinski definition) is 3. The van der Waals surface area contributed by atoms with Gasteiger partial charge >= 0.3 is 5.97 Å². The highest BCUT2D eigenvalue weighted by molar-refractivity contribution is 7.99. The molecule has 0 bridgehead atoms. The van der Waals surface area contributed by atoms with Gasteiger partial charge in [0, 0.05) is 23.5 Å². The minimum atomic E-state index is -1.07. The molecule has 0 saturated heterocycles. The van der Waals surface area contributed by atoms with Crippen molar-refractivity contribution in [3.05, 3.63) is 60.3 Å². The van der Waals surface area contributed by atoms with E-state index in [1.165, 1.54) is 23.1 Å². The second-order valence-corrected chi connectivity index (χ2v) is 8.93. The normalized spacial score (nSPS) is 12.5. The molecular formula is C21H17N5O3S2. The monoisotopic (exact) mass is 451 g/mol. The van der Waals surface area contributed by atoms with Crippen LogP contribution < -0.4 is 5.32 Å². The Bertz CT molecular complexity index is 1420. The molecule has 0 saturated carbocycles. The lowest BCUT2D eigenvalue weighted by molar-refractivity contribution is -0.141. The van der Waals surface area contributed by atoms with Gasteiger partial charge in [0.1, 0.15) is 6.04 Å². The predicted octanol–water partition coefficient (Wildman–Crippen LogP) is 3.33. The van der Waals surface area contributed by atoms with E-state index < -0.39 is 12.0 Å². The van der Waals surface area contributed by atoms with Gasteiger partial charge in [-0.25, -0.2) is 4.79 Å². The minimum absolute atomic E-state index is 0.0443. The maximum atomic E-state index is 12.5. The molecule has 3 N–H and O–H groups in total. The van der Waals surface area contributed by atoms with Crippen molar-refractivity contribution in [3.63, 3.8) is 0 Å². The Labute approximate surface area is 184 Å². The van der Waals surface area contributed by atoms with E-state index in [2.05, 4.69) is 20.5 Å². The Kier molecular flexibility index (Phi) is 5.08. The van der Waals surface area contributed by atoms with Crippen LogP contribution in [0.25, 0.3) is 26.1 Å². The number of aliphatic carboxylic acids is 1. The number of thioether (sulfide) groups is 1. The van der Waals surface area contributed by atoms with Crippen molar-refractivity contribution < 1.29 is 14.7 Å². The number of aromatic amines is 1. The number of rotatable bonds is 7. The number of aromatic nitrogens is 4. The number of carboxylic acid groups (broad SMARTS) is 1. The van der Waals surface area contributed by atoms with Gasteiger partial charge in [-0.2, -0.15) is 0 Å². The van der Waals surface area contributed by atoms with E-state index in [9.17, 15) is 14.7 Å². The number of nitrogens with zero attached hydrogens (tertiary/aromatic N) is 3. The van der Waals surface area contributed by atoms with Gasteiger partial charge in [0.2, 0.25) is 10.9 Å². The van der Waals surface area contributed by atoms with Crippen LogP contribution in [0, 0.1) is 0 Å². The number of fused-ring (bicyclic) bond motifs is 4. The topological polar surface area (TPSA) is 112 Å². The second kappa shape index (κ2) is 8.05. The van der Waals surface area contributed by atoms with Gasteiger partial charge in [0.05, 0.1) is 16.0 Å². The maximum absolute atomic E-state index is 12.5. The third-order valence-electron chi connectivity index (χ3n) is 4.98. The number of H-pyrrole nitrogens is 1. The Balaban J connectivity index is 1.29. The summed E-state index contributed by atoms with van der Waals surface area (Å²) >= 11 is 2.76. The average molecular weight is 452 g/mol. The number of amides is 1. The molecule has 5 rings (SSSR count). The van der Waals surface area contributed by atoms with Crippen molar-refractivity contribution >= 4 is 61.1 Å². The van der Waals surface area contributed by atoms with Gasteiger partial charge in [-0.3, -0.25) is 9.20 Å². The molecule has 1 atom stereocenters. The number of nitrogens with one attached hydrogen (secondary N) is 2. The molecule has 31 heavy (non-hydrogen) atoms. The first-order valence-corrected chi connectivity index (χ1v) is 11.3. The van der Waals surface area contributed by atoms with Crippen LogP contribution in [-0.2, 0) is 16.0 Å². The summed E-state index contributed by atoms with van der Waals surface area (Å²) in [5.41, 5.74) is 2.76. The summed E-state index contributed by atoms with van der Waals surface area (Å²) in [5.74, 6) is -1.39. The van der Waals surface area contributed by atoms with E-state index in [4.69, 9.17) is 0 Å². The number of para-hydroxylation sites is 2. The molecule has 156 valence electrons. The molecule has 0 fully saturated rings. The first-order chi connectivity index (χ1) is 15.1. The molecule has 0 aliphatic rings. The minimum Gasteiger partial charge on any atom is -0.480 e. The molecular weight excluding hydrogens is 434 g/mol. The summed E-state index contributed by atoms with van der Waals surface area (Å²) in [5, 5.41) is 22.2. The van der Waals surface area contributed by atoms with Crippen LogP contribution in [0.3, 0.4) is 0 Å². The average Bonchev–Trinajstić information content (AvgIpc) is 3.45. The van der Waals surface area contributed by atoms with Gasteiger partial charge < -0.3 is 15.4 Å². The maximum Gasteiger partial charge on any atom is 0.326 e. The van der Waals surface area contributed by atoms with Crippen LogP contribution in [0.2, 0.25) is 0 Å². The van der Waals surface area contributed by atoms with Gasteiger partial charge in [-0.15, -0.1) is 10.2 Å². The van der Waals surface area contributed by atoms with Crippen molar-refractivity contribution in [1.29, 1.82) is 0 Å². The summed E-state index contributed by atoms with van der Waals surface area (Å²) < 4.78 is 3.00. The predicted molar refractivity (Wildman–Crippen MR) is 121 cm³/mol. The van der Waals surface area contributed by atoms with Gasteiger partial charge in [-0.1, -0.05) is 53.4 Å². The lowest BCUT2D eigenvalue weighted by atomic mass is 10.1. The van der Waals surface area contributed by atoms with Gasteiger partial charge in [0.25, 0.3) is 0 Å². The second-order valence-electron chi connectivity index (χ2n) is 6.98. The number of carbonyl (C=O) groups is 2. The number of benzene rings is 2. The summed E-state index contributed by atoms with van der Waals surface area (Å²) in [7, 11) is 0. The smallest absolute Gasteiger partial charge is 0.326 e. The molecule has 0 aliphatic carbocycles. The van der Waals surface area contributed by atoms with Crippen LogP contribution in [0.4, 0.5) is 0 Å². The van der Waals surface area contributed by atoms with Crippen LogP contribution in [-0.4, -0.2) is 48.4 Å². The highest BCUT2D eigenvalue weighted by atomic mass is 32.2. The van der Waals surface area contributed by atoms with Crippen molar-refractivity contribution in [1.82, 2.24) is 24.9 Å². The van der Waals surface area contributed by atoms with Crippen molar-refractivity contribution in [3.8, 4) is 0 Å². The van der Waals surface area contributed by atoms with Gasteiger partial charge in [0.15, 0.2) is 5.16 Å². The summed E-state index contributed by atoms with van der Waals surface area (Å²) in [6.07, 6.45) is 1.98. The Morgan fingerprint density at radius 2 is 1.97 bits per heavy atom. The van der Waals surface area contributed by atoms with Crippen molar-refractivity contribution in [2.45, 2.75) is 17.6 Å². The van der Waals surface area contributed by atoms with Crippen LogP contribution >= 0.6 is 23.1 Å².